The van der Waals surface area contributed by atoms with Gasteiger partial charge in [-0.05, 0) is 169 Å². The molecule has 7 aromatic rings. The van der Waals surface area contributed by atoms with E-state index in [-0.39, 0.29) is 39.2 Å². The molecule has 4 heteroatoms. The maximum Gasteiger partial charge on any atom is 0.264 e. The Labute approximate surface area is 406 Å². The number of hydrogen-bond acceptors (Lipinski definition) is 3. The average molecular weight is 899 g/mol. The number of aryl methyl sites for hydroxylation is 1. The number of anilines is 6. The number of hydrogen-bond donors (Lipinski definition) is 0. The van der Waals surface area contributed by atoms with Gasteiger partial charge in [0.1, 0.15) is 0 Å². The largest absolute Gasteiger partial charge is 0.311 e. The van der Waals surface area contributed by atoms with Crippen LogP contribution in [0.15, 0.2) is 109 Å². The summed E-state index contributed by atoms with van der Waals surface area (Å²) in [6, 6.07) is 43.6. The van der Waals surface area contributed by atoms with Crippen LogP contribution in [-0.2, 0) is 32.5 Å². The minimum atomic E-state index is -0.0151. The van der Waals surface area contributed by atoms with E-state index in [0.29, 0.717) is 0 Å². The molecule has 4 aliphatic rings. The normalized spacial score (nSPS) is 18.5. The first-order valence-corrected chi connectivity index (χ1v) is 26.0. The molecule has 11 rings (SSSR count). The Morgan fingerprint density at radius 1 is 0.522 bits per heavy atom. The molecule has 0 saturated carbocycles. The fourth-order valence-electron chi connectivity index (χ4n) is 12.6. The Morgan fingerprint density at radius 2 is 1.10 bits per heavy atom. The summed E-state index contributed by atoms with van der Waals surface area (Å²) in [5.41, 5.74) is 23.6. The molecule has 0 amide bonds. The summed E-state index contributed by atoms with van der Waals surface area (Å²) >= 11 is 2.03. The number of nitrogens with zero attached hydrogens (tertiary/aromatic N) is 2. The van der Waals surface area contributed by atoms with Gasteiger partial charge in [0.2, 0.25) is 0 Å². The topological polar surface area (TPSA) is 6.48 Å². The molecule has 342 valence electrons. The van der Waals surface area contributed by atoms with E-state index in [1.807, 2.05) is 11.3 Å². The zero-order chi connectivity index (χ0) is 47.5. The third-order valence-corrected chi connectivity index (χ3v) is 18.1. The van der Waals surface area contributed by atoms with Crippen molar-refractivity contribution >= 4 is 78.0 Å². The van der Waals surface area contributed by atoms with Crippen molar-refractivity contribution in [2.75, 3.05) is 9.80 Å². The predicted molar refractivity (Wildman–Crippen MR) is 294 cm³/mol. The third-order valence-electron chi connectivity index (χ3n) is 16.9. The van der Waals surface area contributed by atoms with E-state index in [0.717, 1.165) is 6.42 Å². The van der Waals surface area contributed by atoms with E-state index in [1.54, 1.807) is 0 Å². The first-order chi connectivity index (χ1) is 31.4. The summed E-state index contributed by atoms with van der Waals surface area (Å²) in [6.07, 6.45) is 4.73. The quantitative estimate of drug-likeness (QED) is 0.163. The van der Waals surface area contributed by atoms with Gasteiger partial charge in [-0.1, -0.05) is 158 Å². The van der Waals surface area contributed by atoms with Gasteiger partial charge >= 0.3 is 0 Å². The number of fused-ring (bicyclic) bond motifs is 9. The maximum absolute atomic E-state index is 2.77. The van der Waals surface area contributed by atoms with Gasteiger partial charge in [-0.25, -0.2) is 0 Å². The maximum atomic E-state index is 2.77. The Bertz CT molecular complexity index is 3180. The van der Waals surface area contributed by atoms with Crippen LogP contribution >= 0.6 is 11.3 Å². The second kappa shape index (κ2) is 14.5. The zero-order valence-electron chi connectivity index (χ0n) is 43.1. The fourth-order valence-corrected chi connectivity index (χ4v) is 13.9. The van der Waals surface area contributed by atoms with E-state index in [1.165, 1.54) is 129 Å². The van der Waals surface area contributed by atoms with Gasteiger partial charge in [0.25, 0.3) is 6.71 Å². The van der Waals surface area contributed by atoms with Crippen LogP contribution in [0, 0.1) is 6.92 Å². The van der Waals surface area contributed by atoms with Crippen molar-refractivity contribution < 1.29 is 0 Å². The first kappa shape index (κ1) is 44.5. The summed E-state index contributed by atoms with van der Waals surface area (Å²) in [7, 11) is 0. The second-order valence-electron chi connectivity index (χ2n) is 25.6. The van der Waals surface area contributed by atoms with Crippen LogP contribution in [0.1, 0.15) is 162 Å². The van der Waals surface area contributed by atoms with Gasteiger partial charge in [-0.15, -0.1) is 11.3 Å². The highest BCUT2D eigenvalue weighted by atomic mass is 32.1. The molecule has 1 aromatic heterocycles. The molecule has 0 saturated heterocycles. The van der Waals surface area contributed by atoms with Crippen molar-refractivity contribution in [2.45, 2.75) is 162 Å². The lowest BCUT2D eigenvalue weighted by Gasteiger charge is -2.49. The summed E-state index contributed by atoms with van der Waals surface area (Å²) < 4.78 is 2.80. The Morgan fingerprint density at radius 3 is 1.78 bits per heavy atom. The van der Waals surface area contributed by atoms with Crippen LogP contribution < -0.4 is 25.5 Å². The lowest BCUT2D eigenvalue weighted by atomic mass is 9.35. The molecule has 0 radical (unpaired) electrons. The van der Waals surface area contributed by atoms with Gasteiger partial charge in [-0.3, -0.25) is 0 Å². The minimum Gasteiger partial charge on any atom is -0.311 e. The zero-order valence-corrected chi connectivity index (χ0v) is 43.9. The standard InChI is InChI=1S/C63H71BN2S/c1-38-33-50-54-51(34-38)66(49-27-21-40(58(2,3)4)35-43(49)39-19-17-16-18-20-39)55-44-36-41(59(5,6)7)22-28-52(44)67-57(55)64(54)48-26-25-46-53(63(14,15)32-31-61(46,10)11)56(48)65(50)42-23-24-45-47(37-42)62(12,13)30-29-60(45,8)9/h16-28,33-37H,29-32H2,1-15H3. The Hall–Kier alpha value is -5.06. The van der Waals surface area contributed by atoms with Crippen molar-refractivity contribution in [3.8, 4) is 11.1 Å². The van der Waals surface area contributed by atoms with Crippen molar-refractivity contribution in [1.82, 2.24) is 0 Å². The molecule has 0 atom stereocenters. The Balaban J connectivity index is 1.30. The summed E-state index contributed by atoms with van der Waals surface area (Å²) in [4.78, 5) is 5.48. The van der Waals surface area contributed by atoms with Gasteiger partial charge < -0.3 is 9.80 Å². The van der Waals surface area contributed by atoms with Crippen molar-refractivity contribution in [2.24, 2.45) is 0 Å². The molecular weight excluding hydrogens is 828 g/mol. The van der Waals surface area contributed by atoms with E-state index in [4.69, 9.17) is 0 Å². The number of rotatable bonds is 3. The van der Waals surface area contributed by atoms with Crippen LogP contribution in [-0.4, -0.2) is 6.71 Å². The molecule has 0 spiro atoms. The molecule has 0 fully saturated rings. The van der Waals surface area contributed by atoms with Gasteiger partial charge in [0.15, 0.2) is 0 Å². The van der Waals surface area contributed by atoms with E-state index < -0.39 is 0 Å². The summed E-state index contributed by atoms with van der Waals surface area (Å²) in [5, 5.41) is 1.35. The van der Waals surface area contributed by atoms with Crippen LogP contribution in [0.4, 0.5) is 34.1 Å². The first-order valence-electron chi connectivity index (χ1n) is 25.2. The number of thiophene rings is 1. The summed E-state index contributed by atoms with van der Waals surface area (Å²) in [6.45, 7) is 36.4. The van der Waals surface area contributed by atoms with Gasteiger partial charge in [0, 0.05) is 43.2 Å². The van der Waals surface area contributed by atoms with Crippen LogP contribution in [0.25, 0.3) is 21.2 Å². The fraction of sp³-hybridized carbons (Fsp3) is 0.397. The van der Waals surface area contributed by atoms with Crippen LogP contribution in [0.5, 0.6) is 0 Å². The lowest BCUT2D eigenvalue weighted by Crippen LogP contribution is -2.61. The molecule has 67 heavy (non-hydrogen) atoms. The highest BCUT2D eigenvalue weighted by Gasteiger charge is 2.50. The van der Waals surface area contributed by atoms with Gasteiger partial charge in [-0.2, -0.15) is 0 Å². The molecular formula is C63H71BN2S. The van der Waals surface area contributed by atoms with Crippen LogP contribution in [0.2, 0.25) is 0 Å². The highest BCUT2D eigenvalue weighted by Crippen LogP contribution is 2.56. The number of benzene rings is 6. The molecule has 2 aliphatic carbocycles. The van der Waals surface area contributed by atoms with Crippen molar-refractivity contribution in [1.29, 1.82) is 0 Å². The van der Waals surface area contributed by atoms with E-state index >= 15 is 0 Å². The molecule has 6 aromatic carbocycles. The third kappa shape index (κ3) is 6.76. The van der Waals surface area contributed by atoms with Crippen molar-refractivity contribution in [3.63, 3.8) is 0 Å². The molecule has 2 nitrogen and oxygen atoms in total. The molecule has 0 bridgehead atoms. The highest BCUT2D eigenvalue weighted by molar-refractivity contribution is 7.33. The second-order valence-corrected chi connectivity index (χ2v) is 26.7. The average Bonchev–Trinajstić information content (AvgIpc) is 3.64. The smallest absolute Gasteiger partial charge is 0.264 e. The molecule has 0 unspecified atom stereocenters. The molecule has 0 N–H and O–H groups in total. The van der Waals surface area contributed by atoms with Gasteiger partial charge in [0.05, 0.1) is 11.4 Å². The van der Waals surface area contributed by atoms with Crippen molar-refractivity contribution in [3.05, 3.63) is 148 Å². The van der Waals surface area contributed by atoms with E-state index in [9.17, 15) is 0 Å². The molecule has 2 aliphatic heterocycles. The summed E-state index contributed by atoms with van der Waals surface area (Å²) in [5.74, 6) is 0. The predicted octanol–water partition coefficient (Wildman–Crippen LogP) is 16.3. The monoisotopic (exact) mass is 899 g/mol. The molecule has 3 heterocycles. The minimum absolute atomic E-state index is 0.00176. The SMILES string of the molecule is Cc1cc2c3c(c1)N(c1ccc(C(C)(C)C)cc1-c1ccccc1)c1c(sc4ccc(C(C)(C)C)cc14)B3c1ccc3c(c1N2c1ccc2c(c1)C(C)(C)CCC2(C)C)C(C)(C)CCC3(C)C. The van der Waals surface area contributed by atoms with E-state index in [2.05, 4.69) is 223 Å². The lowest BCUT2D eigenvalue weighted by molar-refractivity contribution is 0.331. The Kier molecular flexibility index (Phi) is 9.61. The van der Waals surface area contributed by atoms with Crippen LogP contribution in [0.3, 0.4) is 0 Å².